The monoisotopic (exact) mass is 281 g/mol. The van der Waals surface area contributed by atoms with Crippen LogP contribution in [0.5, 0.6) is 11.5 Å². The largest absolute Gasteiger partial charge is 0.504 e. The van der Waals surface area contributed by atoms with E-state index in [0.717, 1.165) is 11.4 Å². The summed E-state index contributed by atoms with van der Waals surface area (Å²) >= 11 is 0. The molecule has 0 amide bonds. The van der Waals surface area contributed by atoms with Crippen LogP contribution in [0.4, 0.5) is 5.69 Å². The maximum absolute atomic E-state index is 9.74. The molecule has 0 unspecified atom stereocenters. The van der Waals surface area contributed by atoms with Crippen molar-refractivity contribution in [3.8, 4) is 17.2 Å². The zero-order valence-corrected chi connectivity index (χ0v) is 11.3. The fraction of sp³-hybridized carbons (Fsp3) is 0.0625. The molecule has 0 aliphatic heterocycles. The summed E-state index contributed by atoms with van der Waals surface area (Å²) in [4.78, 5) is 0. The Morgan fingerprint density at radius 2 is 1.81 bits per heavy atom. The van der Waals surface area contributed by atoms with Crippen LogP contribution >= 0.6 is 0 Å². The molecule has 5 nitrogen and oxygen atoms in total. The number of aromatic nitrogens is 2. The minimum atomic E-state index is -0.108. The van der Waals surface area contributed by atoms with Gasteiger partial charge in [-0.1, -0.05) is 12.1 Å². The first kappa shape index (κ1) is 13.1. The predicted octanol–water partition coefficient (Wildman–Crippen LogP) is 2.90. The summed E-state index contributed by atoms with van der Waals surface area (Å²) < 4.78 is 1.78. The minimum absolute atomic E-state index is 0.0850. The van der Waals surface area contributed by atoms with Crippen molar-refractivity contribution in [1.82, 2.24) is 9.78 Å². The maximum Gasteiger partial charge on any atom is 0.162 e. The number of anilines is 1. The molecule has 1 aromatic heterocycles. The first-order valence-corrected chi connectivity index (χ1v) is 6.58. The highest BCUT2D eigenvalue weighted by molar-refractivity contribution is 5.51. The van der Waals surface area contributed by atoms with Crippen LogP contribution < -0.4 is 5.32 Å². The van der Waals surface area contributed by atoms with Gasteiger partial charge in [-0.2, -0.15) is 5.10 Å². The Bertz CT molecular complexity index is 722. The molecule has 21 heavy (non-hydrogen) atoms. The summed E-state index contributed by atoms with van der Waals surface area (Å²) in [5.41, 5.74) is 2.55. The lowest BCUT2D eigenvalue weighted by Crippen LogP contribution is -2.00. The van der Waals surface area contributed by atoms with Crippen LogP contribution in [0.25, 0.3) is 5.69 Å². The summed E-state index contributed by atoms with van der Waals surface area (Å²) in [6, 6.07) is 14.6. The number of nitrogens with one attached hydrogen (secondary N) is 1. The Labute approximate surface area is 122 Å². The van der Waals surface area contributed by atoms with Crippen LogP contribution in [-0.4, -0.2) is 20.0 Å². The molecule has 0 atom stereocenters. The van der Waals surface area contributed by atoms with Gasteiger partial charge in [0.1, 0.15) is 0 Å². The Kier molecular flexibility index (Phi) is 3.47. The number of nitrogens with zero attached hydrogens (tertiary/aromatic N) is 2. The minimum Gasteiger partial charge on any atom is -0.504 e. The molecule has 3 rings (SSSR count). The number of aromatic hydroxyl groups is 2. The Morgan fingerprint density at radius 1 is 1.00 bits per heavy atom. The number of rotatable bonds is 4. The average molecular weight is 281 g/mol. The molecule has 0 bridgehead atoms. The van der Waals surface area contributed by atoms with Gasteiger partial charge in [-0.05, 0) is 36.4 Å². The molecule has 1 heterocycles. The van der Waals surface area contributed by atoms with Gasteiger partial charge < -0.3 is 15.5 Å². The number of benzene rings is 2. The van der Waals surface area contributed by atoms with Crippen LogP contribution in [0.2, 0.25) is 0 Å². The van der Waals surface area contributed by atoms with E-state index in [-0.39, 0.29) is 11.5 Å². The fourth-order valence-electron chi connectivity index (χ4n) is 2.07. The van der Waals surface area contributed by atoms with Gasteiger partial charge in [0.05, 0.1) is 5.69 Å². The Balaban J connectivity index is 1.70. The van der Waals surface area contributed by atoms with Gasteiger partial charge in [0.2, 0.25) is 0 Å². The average Bonchev–Trinajstić information content (AvgIpc) is 3.04. The molecule has 2 aromatic carbocycles. The SMILES string of the molecule is Oc1cccc(CNc2ccc(-n3cccn3)cc2)c1O. The molecular weight excluding hydrogens is 266 g/mol. The number of hydrogen-bond acceptors (Lipinski definition) is 4. The van der Waals surface area contributed by atoms with Crippen molar-refractivity contribution in [3.63, 3.8) is 0 Å². The second kappa shape index (κ2) is 5.58. The van der Waals surface area contributed by atoms with E-state index in [9.17, 15) is 10.2 Å². The lowest BCUT2D eigenvalue weighted by molar-refractivity contribution is 0.400. The van der Waals surface area contributed by atoms with Gasteiger partial charge in [0.15, 0.2) is 11.5 Å². The summed E-state index contributed by atoms with van der Waals surface area (Å²) in [6.07, 6.45) is 3.62. The molecular formula is C16H15N3O2. The molecule has 3 aromatic rings. The van der Waals surface area contributed by atoms with Gasteiger partial charge in [-0.25, -0.2) is 4.68 Å². The highest BCUT2D eigenvalue weighted by atomic mass is 16.3. The summed E-state index contributed by atoms with van der Waals surface area (Å²) in [6.45, 7) is 0.432. The third kappa shape index (κ3) is 2.81. The third-order valence-corrected chi connectivity index (χ3v) is 3.22. The fourth-order valence-corrected chi connectivity index (χ4v) is 2.07. The maximum atomic E-state index is 9.74. The van der Waals surface area contributed by atoms with Crippen molar-refractivity contribution >= 4 is 5.69 Å². The topological polar surface area (TPSA) is 70.3 Å². The zero-order chi connectivity index (χ0) is 14.7. The molecule has 0 saturated heterocycles. The lowest BCUT2D eigenvalue weighted by atomic mass is 10.2. The second-order valence-corrected chi connectivity index (χ2v) is 4.64. The van der Waals surface area contributed by atoms with E-state index in [1.54, 1.807) is 23.0 Å². The zero-order valence-electron chi connectivity index (χ0n) is 11.3. The van der Waals surface area contributed by atoms with Crippen LogP contribution in [-0.2, 0) is 6.54 Å². The normalized spacial score (nSPS) is 10.5. The molecule has 5 heteroatoms. The number of phenols is 2. The summed E-state index contributed by atoms with van der Waals surface area (Å²) in [5, 5.41) is 26.6. The highest BCUT2D eigenvalue weighted by Crippen LogP contribution is 2.28. The van der Waals surface area contributed by atoms with E-state index in [0.29, 0.717) is 12.1 Å². The lowest BCUT2D eigenvalue weighted by Gasteiger charge is -2.10. The van der Waals surface area contributed by atoms with Crippen LogP contribution in [0.15, 0.2) is 60.9 Å². The predicted molar refractivity (Wildman–Crippen MR) is 80.7 cm³/mol. The molecule has 0 aliphatic carbocycles. The first-order valence-electron chi connectivity index (χ1n) is 6.58. The first-order chi connectivity index (χ1) is 10.2. The van der Waals surface area contributed by atoms with E-state index in [1.807, 2.05) is 36.5 Å². The molecule has 0 spiro atoms. The van der Waals surface area contributed by atoms with E-state index in [2.05, 4.69) is 10.4 Å². The van der Waals surface area contributed by atoms with E-state index in [1.165, 1.54) is 6.07 Å². The molecule has 0 saturated carbocycles. The second-order valence-electron chi connectivity index (χ2n) is 4.64. The van der Waals surface area contributed by atoms with Gasteiger partial charge >= 0.3 is 0 Å². The van der Waals surface area contributed by atoms with Crippen LogP contribution in [0.1, 0.15) is 5.56 Å². The van der Waals surface area contributed by atoms with Gasteiger partial charge in [-0.15, -0.1) is 0 Å². The van der Waals surface area contributed by atoms with Crippen molar-refractivity contribution in [2.75, 3.05) is 5.32 Å². The molecule has 3 N–H and O–H groups in total. The molecule has 0 radical (unpaired) electrons. The Hall–Kier alpha value is -2.95. The quantitative estimate of drug-likeness (QED) is 0.643. The van der Waals surface area contributed by atoms with Crippen molar-refractivity contribution < 1.29 is 10.2 Å². The van der Waals surface area contributed by atoms with Crippen molar-refractivity contribution in [3.05, 3.63) is 66.5 Å². The van der Waals surface area contributed by atoms with Gasteiger partial charge in [0.25, 0.3) is 0 Å². The number of para-hydroxylation sites is 1. The third-order valence-electron chi connectivity index (χ3n) is 3.22. The smallest absolute Gasteiger partial charge is 0.162 e. The number of hydrogen-bond donors (Lipinski definition) is 3. The standard InChI is InChI=1S/C16H15N3O2/c20-15-4-1-3-12(16(15)21)11-17-13-5-7-14(8-6-13)19-10-2-9-18-19/h1-10,17,20-21H,11H2. The molecule has 0 fully saturated rings. The van der Waals surface area contributed by atoms with E-state index >= 15 is 0 Å². The Morgan fingerprint density at radius 3 is 2.52 bits per heavy atom. The van der Waals surface area contributed by atoms with Crippen molar-refractivity contribution in [1.29, 1.82) is 0 Å². The van der Waals surface area contributed by atoms with Gasteiger partial charge in [-0.3, -0.25) is 0 Å². The summed E-state index contributed by atoms with van der Waals surface area (Å²) in [5.74, 6) is -0.193. The summed E-state index contributed by atoms with van der Waals surface area (Å²) in [7, 11) is 0. The highest BCUT2D eigenvalue weighted by Gasteiger charge is 2.05. The van der Waals surface area contributed by atoms with Crippen molar-refractivity contribution in [2.45, 2.75) is 6.54 Å². The molecule has 0 aliphatic rings. The van der Waals surface area contributed by atoms with E-state index < -0.39 is 0 Å². The van der Waals surface area contributed by atoms with Crippen LogP contribution in [0, 0.1) is 0 Å². The number of phenolic OH excluding ortho intramolecular Hbond substituents is 2. The van der Waals surface area contributed by atoms with Crippen molar-refractivity contribution in [2.24, 2.45) is 0 Å². The van der Waals surface area contributed by atoms with E-state index in [4.69, 9.17) is 0 Å². The van der Waals surface area contributed by atoms with Gasteiger partial charge in [0, 0.05) is 30.2 Å². The van der Waals surface area contributed by atoms with Crippen LogP contribution in [0.3, 0.4) is 0 Å². The molecule has 106 valence electrons.